The van der Waals surface area contributed by atoms with E-state index in [2.05, 4.69) is 0 Å². The first-order chi connectivity index (χ1) is 9.66. The Labute approximate surface area is 121 Å². The molecule has 0 saturated carbocycles. The molecule has 0 aromatic heterocycles. The van der Waals surface area contributed by atoms with Gasteiger partial charge in [-0.2, -0.15) is 0 Å². The summed E-state index contributed by atoms with van der Waals surface area (Å²) in [6.45, 7) is 0. The van der Waals surface area contributed by atoms with E-state index in [1.807, 2.05) is 36.4 Å². The number of benzene rings is 3. The first-order valence-electron chi connectivity index (χ1n) is 6.22. The van der Waals surface area contributed by atoms with Gasteiger partial charge in [-0.1, -0.05) is 54.1 Å². The van der Waals surface area contributed by atoms with Crippen LogP contribution in [0.1, 0.15) is 11.1 Å². The molecular formula is C17H12ClNO. The zero-order valence-corrected chi connectivity index (χ0v) is 11.4. The minimum absolute atomic E-state index is 0.105. The Hall–Kier alpha value is -2.32. The van der Waals surface area contributed by atoms with Crippen molar-refractivity contribution in [2.45, 2.75) is 0 Å². The molecule has 2 nitrogen and oxygen atoms in total. The van der Waals surface area contributed by atoms with Gasteiger partial charge in [-0.15, -0.1) is 0 Å². The maximum atomic E-state index is 10.1. The smallest absolute Gasteiger partial charge is 0.125 e. The van der Waals surface area contributed by atoms with E-state index in [0.29, 0.717) is 16.1 Å². The third-order valence-electron chi connectivity index (χ3n) is 3.27. The van der Waals surface area contributed by atoms with Gasteiger partial charge in [-0.25, -0.2) is 0 Å². The number of aromatic hydroxyl groups is 1. The molecule has 0 aliphatic carbocycles. The lowest BCUT2D eigenvalue weighted by atomic mass is 9.96. The van der Waals surface area contributed by atoms with Crippen LogP contribution in [0.5, 0.6) is 5.75 Å². The first-order valence-corrected chi connectivity index (χ1v) is 6.60. The van der Waals surface area contributed by atoms with Crippen molar-refractivity contribution in [3.8, 4) is 5.75 Å². The zero-order chi connectivity index (χ0) is 14.1. The molecule has 2 N–H and O–H groups in total. The molecule has 0 unspecified atom stereocenters. The molecule has 0 spiro atoms. The normalized spacial score (nSPS) is 10.7. The van der Waals surface area contributed by atoms with Gasteiger partial charge in [0, 0.05) is 16.1 Å². The predicted molar refractivity (Wildman–Crippen MR) is 83.0 cm³/mol. The number of hydrogen-bond acceptors (Lipinski definition) is 2. The quantitative estimate of drug-likeness (QED) is 0.662. The van der Waals surface area contributed by atoms with E-state index < -0.39 is 0 Å². The Kier molecular flexibility index (Phi) is 3.17. The Morgan fingerprint density at radius 2 is 1.75 bits per heavy atom. The van der Waals surface area contributed by atoms with E-state index in [1.54, 1.807) is 24.3 Å². The fourth-order valence-corrected chi connectivity index (χ4v) is 2.50. The van der Waals surface area contributed by atoms with Crippen LogP contribution in [-0.2, 0) is 0 Å². The molecule has 0 aliphatic rings. The van der Waals surface area contributed by atoms with Gasteiger partial charge in [-0.05, 0) is 29.0 Å². The fourth-order valence-electron chi connectivity index (χ4n) is 2.31. The number of hydrogen-bond donors (Lipinski definition) is 2. The average molecular weight is 282 g/mol. The van der Waals surface area contributed by atoms with Gasteiger partial charge in [0.1, 0.15) is 5.75 Å². The second-order valence-electron chi connectivity index (χ2n) is 4.57. The molecule has 3 heteroatoms. The number of nitrogens with one attached hydrogen (secondary N) is 1. The number of fused-ring (bicyclic) bond motifs is 1. The van der Waals surface area contributed by atoms with Crippen molar-refractivity contribution in [1.82, 2.24) is 0 Å². The Morgan fingerprint density at radius 1 is 0.950 bits per heavy atom. The average Bonchev–Trinajstić information content (AvgIpc) is 2.46. The number of phenolic OH excluding ortho intramolecular Hbond substituents is 1. The van der Waals surface area contributed by atoms with Crippen LogP contribution in [-0.4, -0.2) is 10.8 Å². The topological polar surface area (TPSA) is 44.1 Å². The van der Waals surface area contributed by atoms with Gasteiger partial charge in [0.05, 0.1) is 5.71 Å². The highest BCUT2D eigenvalue weighted by Gasteiger charge is 2.13. The van der Waals surface area contributed by atoms with Crippen LogP contribution in [0, 0.1) is 5.41 Å². The second-order valence-corrected chi connectivity index (χ2v) is 5.00. The highest BCUT2D eigenvalue weighted by molar-refractivity contribution is 6.31. The highest BCUT2D eigenvalue weighted by Crippen LogP contribution is 2.29. The van der Waals surface area contributed by atoms with Crippen molar-refractivity contribution in [3.05, 3.63) is 76.8 Å². The summed E-state index contributed by atoms with van der Waals surface area (Å²) in [6, 6.07) is 18.3. The maximum Gasteiger partial charge on any atom is 0.125 e. The summed E-state index contributed by atoms with van der Waals surface area (Å²) in [5.74, 6) is 0.105. The number of halogens is 1. The highest BCUT2D eigenvalue weighted by atomic mass is 35.5. The van der Waals surface area contributed by atoms with Gasteiger partial charge in [0.15, 0.2) is 0 Å². The summed E-state index contributed by atoms with van der Waals surface area (Å²) in [5, 5.41) is 20.9. The molecule has 0 saturated heterocycles. The predicted octanol–water partition coefficient (Wildman–Crippen LogP) is 4.61. The summed E-state index contributed by atoms with van der Waals surface area (Å²) in [7, 11) is 0. The maximum absolute atomic E-state index is 10.1. The molecule has 0 aliphatic heterocycles. The molecule has 3 rings (SSSR count). The number of phenols is 1. The lowest BCUT2D eigenvalue weighted by Crippen LogP contribution is -2.02. The summed E-state index contributed by atoms with van der Waals surface area (Å²) in [4.78, 5) is 0. The van der Waals surface area contributed by atoms with Crippen molar-refractivity contribution in [3.63, 3.8) is 0 Å². The van der Waals surface area contributed by atoms with E-state index in [1.165, 1.54) is 0 Å². The van der Waals surface area contributed by atoms with Gasteiger partial charge in [-0.3, -0.25) is 5.41 Å². The SMILES string of the molecule is N=C(c1cccc(Cl)c1)c1c(O)ccc2ccccc12. The summed E-state index contributed by atoms with van der Waals surface area (Å²) >= 11 is 5.98. The van der Waals surface area contributed by atoms with Crippen molar-refractivity contribution < 1.29 is 5.11 Å². The van der Waals surface area contributed by atoms with E-state index >= 15 is 0 Å². The molecular weight excluding hydrogens is 270 g/mol. The van der Waals surface area contributed by atoms with Gasteiger partial charge < -0.3 is 5.11 Å². The van der Waals surface area contributed by atoms with E-state index in [9.17, 15) is 5.11 Å². The molecule has 0 atom stereocenters. The molecule has 0 bridgehead atoms. The van der Waals surface area contributed by atoms with Gasteiger partial charge in [0.25, 0.3) is 0 Å². The van der Waals surface area contributed by atoms with Crippen molar-refractivity contribution in [2.75, 3.05) is 0 Å². The fraction of sp³-hybridized carbons (Fsp3) is 0. The molecule has 20 heavy (non-hydrogen) atoms. The van der Waals surface area contributed by atoms with Gasteiger partial charge in [0.2, 0.25) is 0 Å². The van der Waals surface area contributed by atoms with Crippen molar-refractivity contribution >= 4 is 28.1 Å². The summed E-state index contributed by atoms with van der Waals surface area (Å²) in [6.07, 6.45) is 0. The van der Waals surface area contributed by atoms with Crippen LogP contribution in [0.4, 0.5) is 0 Å². The lowest BCUT2D eigenvalue weighted by molar-refractivity contribution is 0.475. The minimum Gasteiger partial charge on any atom is -0.507 e. The first kappa shape index (κ1) is 12.7. The van der Waals surface area contributed by atoms with Crippen LogP contribution in [0.2, 0.25) is 5.02 Å². The Balaban J connectivity index is 2.24. The van der Waals surface area contributed by atoms with Crippen LogP contribution in [0.15, 0.2) is 60.7 Å². The molecule has 0 radical (unpaired) electrons. The van der Waals surface area contributed by atoms with Crippen LogP contribution < -0.4 is 0 Å². The molecule has 0 fully saturated rings. The van der Waals surface area contributed by atoms with Gasteiger partial charge >= 0.3 is 0 Å². The van der Waals surface area contributed by atoms with Crippen LogP contribution in [0.25, 0.3) is 10.8 Å². The van der Waals surface area contributed by atoms with Crippen LogP contribution in [0.3, 0.4) is 0 Å². The second kappa shape index (κ2) is 4.99. The monoisotopic (exact) mass is 281 g/mol. The molecule has 0 amide bonds. The van der Waals surface area contributed by atoms with E-state index in [-0.39, 0.29) is 11.5 Å². The van der Waals surface area contributed by atoms with Crippen molar-refractivity contribution in [1.29, 1.82) is 5.41 Å². The number of rotatable bonds is 2. The molecule has 3 aromatic rings. The van der Waals surface area contributed by atoms with Crippen LogP contribution >= 0.6 is 11.6 Å². The van der Waals surface area contributed by atoms with E-state index in [4.69, 9.17) is 17.0 Å². The largest absolute Gasteiger partial charge is 0.507 e. The minimum atomic E-state index is 0.105. The molecule has 0 heterocycles. The standard InChI is InChI=1S/C17H12ClNO/c18-13-6-3-5-12(10-13)17(19)16-14-7-2-1-4-11(14)8-9-15(16)20/h1-10,19-20H. The Morgan fingerprint density at radius 3 is 2.55 bits per heavy atom. The van der Waals surface area contributed by atoms with E-state index in [0.717, 1.165) is 10.8 Å². The molecule has 3 aromatic carbocycles. The van der Waals surface area contributed by atoms with Crippen molar-refractivity contribution in [2.24, 2.45) is 0 Å². The third kappa shape index (κ3) is 2.15. The molecule has 98 valence electrons. The zero-order valence-electron chi connectivity index (χ0n) is 10.6. The Bertz CT molecular complexity index is 811. The summed E-state index contributed by atoms with van der Waals surface area (Å²) < 4.78 is 0. The third-order valence-corrected chi connectivity index (χ3v) is 3.51. The lowest BCUT2D eigenvalue weighted by Gasteiger charge is -2.11. The summed E-state index contributed by atoms with van der Waals surface area (Å²) in [5.41, 5.74) is 1.48.